The Morgan fingerprint density at radius 2 is 1.05 bits per heavy atom. The minimum absolute atomic E-state index is 0.0169. The molecule has 0 spiro atoms. The van der Waals surface area contributed by atoms with E-state index in [1.54, 1.807) is 62.6 Å². The number of aromatic nitrogens is 3. The molecule has 0 aliphatic heterocycles. The average Bonchev–Trinajstić information content (AvgIpc) is 3.69. The van der Waals surface area contributed by atoms with Gasteiger partial charge in [0.1, 0.15) is 63.9 Å². The highest BCUT2D eigenvalue weighted by Gasteiger charge is 2.20. The van der Waals surface area contributed by atoms with E-state index in [-0.39, 0.29) is 125 Å². The Morgan fingerprint density at radius 1 is 0.541 bits per heavy atom. The molecule has 3 heterocycles. The predicted molar refractivity (Wildman–Crippen MR) is 314 cm³/mol. The fourth-order valence-corrected chi connectivity index (χ4v) is 7.19. The first-order valence-electron chi connectivity index (χ1n) is 26.4. The highest BCUT2D eigenvalue weighted by Crippen LogP contribution is 2.39. The SMILES string of the molecule is CCN(CCNc1nc(NC(=O)OC)ccc1N=Nc1ccccc1OC(=O)N(CC)CC)C(=O)Oc1ccc(-c2ccc(O)c(N=Nc3ccc(NC(=O)OCCOCCOCCOC)nc3N)c2)cc1N=Nc1ccc(NC(C)=O)nc1N. The molecular weight excluding hydrogens is 1110 g/mol. The fraction of sp³-hybridized carbons (Fsp3) is 0.309. The van der Waals surface area contributed by atoms with Gasteiger partial charge < -0.3 is 70.2 Å². The largest absolute Gasteiger partial charge is 0.506 e. The highest BCUT2D eigenvalue weighted by molar-refractivity contribution is 5.88. The molecule has 30 nitrogen and oxygen atoms in total. The van der Waals surface area contributed by atoms with Crippen molar-refractivity contribution < 1.29 is 62.2 Å². The number of para-hydroxylation sites is 1. The number of nitrogens with two attached hydrogens (primary N) is 2. The van der Waals surface area contributed by atoms with Crippen LogP contribution in [-0.2, 0) is 28.5 Å². The summed E-state index contributed by atoms with van der Waals surface area (Å²) in [6.45, 7) is 9.66. The van der Waals surface area contributed by atoms with Crippen LogP contribution in [0.4, 0.5) is 88.2 Å². The van der Waals surface area contributed by atoms with Crippen molar-refractivity contribution in [1.82, 2.24) is 24.8 Å². The van der Waals surface area contributed by atoms with Crippen LogP contribution in [0.15, 0.2) is 128 Å². The van der Waals surface area contributed by atoms with Gasteiger partial charge >= 0.3 is 24.4 Å². The lowest BCUT2D eigenvalue weighted by atomic mass is 10.0. The van der Waals surface area contributed by atoms with E-state index in [1.807, 2.05) is 13.8 Å². The number of azo groups is 3. The van der Waals surface area contributed by atoms with Gasteiger partial charge in [-0.15, -0.1) is 30.7 Å². The second-order valence-electron chi connectivity index (χ2n) is 17.4. The van der Waals surface area contributed by atoms with Gasteiger partial charge in [-0.1, -0.05) is 24.3 Å². The van der Waals surface area contributed by atoms with Crippen LogP contribution in [0.2, 0.25) is 0 Å². The number of amides is 5. The number of carbonyl (C=O) groups is 5. The fourth-order valence-electron chi connectivity index (χ4n) is 7.19. The van der Waals surface area contributed by atoms with E-state index in [9.17, 15) is 29.1 Å². The van der Waals surface area contributed by atoms with Crippen molar-refractivity contribution in [3.63, 3.8) is 0 Å². The molecule has 3 aromatic heterocycles. The number of hydrogen-bond donors (Lipinski definition) is 7. The molecule has 6 aromatic rings. The molecule has 30 heteroatoms. The summed E-state index contributed by atoms with van der Waals surface area (Å²) in [5.41, 5.74) is 14.2. The molecule has 0 radical (unpaired) electrons. The Kier molecular flexibility index (Phi) is 24.6. The number of nitrogen functional groups attached to an aromatic ring is 2. The van der Waals surface area contributed by atoms with E-state index in [4.69, 9.17) is 44.6 Å². The van der Waals surface area contributed by atoms with Crippen LogP contribution >= 0.6 is 0 Å². The molecule has 0 saturated carbocycles. The molecule has 448 valence electrons. The minimum Gasteiger partial charge on any atom is -0.506 e. The molecule has 0 atom stereocenters. The first kappa shape index (κ1) is 63.7. The maximum Gasteiger partial charge on any atom is 0.415 e. The van der Waals surface area contributed by atoms with Crippen LogP contribution in [0, 0.1) is 0 Å². The Balaban J connectivity index is 1.19. The number of methoxy groups -OCH3 is 2. The number of phenolic OH excluding ortho intramolecular Hbond substituents is 1. The summed E-state index contributed by atoms with van der Waals surface area (Å²) in [6.07, 6.45) is -2.88. The molecule has 3 aromatic carbocycles. The van der Waals surface area contributed by atoms with E-state index in [0.29, 0.717) is 50.6 Å². The van der Waals surface area contributed by atoms with E-state index in [0.717, 1.165) is 0 Å². The number of aromatic hydroxyl groups is 1. The van der Waals surface area contributed by atoms with Gasteiger partial charge in [0.2, 0.25) is 5.91 Å². The Morgan fingerprint density at radius 3 is 1.67 bits per heavy atom. The van der Waals surface area contributed by atoms with Gasteiger partial charge in [-0.25, -0.2) is 34.1 Å². The molecule has 9 N–H and O–H groups in total. The van der Waals surface area contributed by atoms with Crippen molar-refractivity contribution in [1.29, 1.82) is 0 Å². The highest BCUT2D eigenvalue weighted by atomic mass is 16.6. The predicted octanol–water partition coefficient (Wildman–Crippen LogP) is 10.8. The van der Waals surface area contributed by atoms with Crippen molar-refractivity contribution in [2.45, 2.75) is 27.7 Å². The zero-order chi connectivity index (χ0) is 61.1. The molecule has 6 rings (SSSR count). The van der Waals surface area contributed by atoms with E-state index >= 15 is 0 Å². The lowest BCUT2D eigenvalue weighted by molar-refractivity contribution is -0.114. The number of ether oxygens (including phenoxy) is 7. The van der Waals surface area contributed by atoms with Crippen LogP contribution in [0.1, 0.15) is 27.7 Å². The number of benzene rings is 3. The van der Waals surface area contributed by atoms with Gasteiger partial charge in [0.15, 0.2) is 29.0 Å². The number of carbonyl (C=O) groups excluding carboxylic acids is 5. The van der Waals surface area contributed by atoms with Gasteiger partial charge in [0, 0.05) is 46.8 Å². The molecule has 5 amide bonds. The maximum absolute atomic E-state index is 14.0. The topological polar surface area (TPSA) is 390 Å². The van der Waals surface area contributed by atoms with Crippen molar-refractivity contribution in [2.24, 2.45) is 30.7 Å². The number of hydrogen-bond acceptors (Lipinski definition) is 25. The second-order valence-corrected chi connectivity index (χ2v) is 17.4. The van der Waals surface area contributed by atoms with Gasteiger partial charge in [-0.05, 0) is 105 Å². The number of pyridine rings is 3. The van der Waals surface area contributed by atoms with Crippen LogP contribution in [-0.4, -0.2) is 147 Å². The Labute approximate surface area is 488 Å². The summed E-state index contributed by atoms with van der Waals surface area (Å²) in [5.74, 6) is -0.0350. The molecule has 0 aliphatic carbocycles. The van der Waals surface area contributed by atoms with Gasteiger partial charge in [-0.3, -0.25) is 15.4 Å². The van der Waals surface area contributed by atoms with Crippen molar-refractivity contribution >= 4 is 99.3 Å². The number of anilines is 6. The molecular formula is C55H65N17O13. The first-order valence-corrected chi connectivity index (χ1v) is 26.4. The third kappa shape index (κ3) is 19.9. The summed E-state index contributed by atoms with van der Waals surface area (Å²) in [7, 11) is 2.78. The summed E-state index contributed by atoms with van der Waals surface area (Å²) in [6, 6.07) is 24.8. The quantitative estimate of drug-likeness (QED) is 0.0177. The van der Waals surface area contributed by atoms with Gasteiger partial charge in [0.05, 0.1) is 40.1 Å². The summed E-state index contributed by atoms with van der Waals surface area (Å²) >= 11 is 0. The molecule has 0 saturated heterocycles. The number of nitrogens with one attached hydrogen (secondary N) is 4. The van der Waals surface area contributed by atoms with E-state index in [1.165, 1.54) is 72.4 Å². The van der Waals surface area contributed by atoms with Gasteiger partial charge in [-0.2, -0.15) is 0 Å². The zero-order valence-electron chi connectivity index (χ0n) is 47.4. The van der Waals surface area contributed by atoms with Crippen LogP contribution in [0.3, 0.4) is 0 Å². The number of rotatable bonds is 28. The maximum atomic E-state index is 14.0. The van der Waals surface area contributed by atoms with Crippen LogP contribution in [0.25, 0.3) is 11.1 Å². The number of phenols is 1. The Hall–Kier alpha value is -10.5. The van der Waals surface area contributed by atoms with Crippen molar-refractivity contribution in [2.75, 3.05) is 119 Å². The van der Waals surface area contributed by atoms with Crippen molar-refractivity contribution in [3.05, 3.63) is 97.1 Å². The van der Waals surface area contributed by atoms with Crippen LogP contribution in [0.5, 0.6) is 17.2 Å². The monoisotopic (exact) mass is 1170 g/mol. The molecule has 0 unspecified atom stereocenters. The van der Waals surface area contributed by atoms with Crippen molar-refractivity contribution in [3.8, 4) is 28.4 Å². The third-order valence-corrected chi connectivity index (χ3v) is 11.6. The lowest BCUT2D eigenvalue weighted by Gasteiger charge is -2.21. The Bertz CT molecular complexity index is 3360. The molecule has 0 fully saturated rings. The van der Waals surface area contributed by atoms with Gasteiger partial charge in [0.25, 0.3) is 0 Å². The summed E-state index contributed by atoms with van der Waals surface area (Å²) < 4.78 is 37.1. The standard InChI is InChI=1S/C55H65N17O13/c1-7-71(8-2)54(77)84-44-13-11-10-12-37(44)65-68-40-18-23-48(63-52(75)80-6)62-51(40)58-24-25-72(9-3)55(78)85-45-20-15-36(33-42(45)70-67-39-16-21-46(59-34(4)73)60-49(39)56)35-14-19-43(74)41(32-35)69-66-38-17-22-47(61-50(38)57)64-53(76)83-31-30-82-29-28-81-27-26-79-5/h10-23,32-33,74H,7-9,24-31H2,1-6H3,(H3,56,59,60,73)(H3,57,61,64,76)(H2,58,62,63,75). The summed E-state index contributed by atoms with van der Waals surface area (Å²) in [4.78, 5) is 78.7. The third-order valence-electron chi connectivity index (χ3n) is 11.6. The first-order chi connectivity index (χ1) is 41.1. The number of likely N-dealkylation sites (N-methyl/N-ethyl adjacent to an activating group) is 1. The van der Waals surface area contributed by atoms with E-state index in [2.05, 4.69) is 66.9 Å². The normalized spacial score (nSPS) is 11.1. The average molecular weight is 1170 g/mol. The van der Waals surface area contributed by atoms with Crippen LogP contribution < -0.4 is 42.2 Å². The molecule has 85 heavy (non-hydrogen) atoms. The minimum atomic E-state index is -0.785. The zero-order valence-corrected chi connectivity index (χ0v) is 47.4. The lowest BCUT2D eigenvalue weighted by Crippen LogP contribution is -2.37. The number of nitrogens with zero attached hydrogens (tertiary/aromatic N) is 11. The molecule has 0 aliphatic rings. The summed E-state index contributed by atoms with van der Waals surface area (Å²) in [5, 5.41) is 47.4. The molecule has 0 bridgehead atoms. The van der Waals surface area contributed by atoms with E-state index < -0.39 is 24.4 Å². The second kappa shape index (κ2) is 32.8. The smallest absolute Gasteiger partial charge is 0.415 e.